The van der Waals surface area contributed by atoms with E-state index in [2.05, 4.69) is 4.99 Å². The number of amidine groups is 1. The third kappa shape index (κ3) is 3.36. The van der Waals surface area contributed by atoms with Crippen LogP contribution in [0.5, 0.6) is 0 Å². The molecular weight excluding hydrogens is 386 g/mol. The molecule has 0 saturated carbocycles. The highest BCUT2D eigenvalue weighted by Gasteiger charge is 2.56. The number of benzene rings is 2. The van der Waals surface area contributed by atoms with Crippen molar-refractivity contribution in [3.8, 4) is 17.2 Å². The standard InChI is InChI=1S/C21H19F4N3O/c1-19(2)18(27)28-20(3,21(24,25)11-29-19)15-9-12(7-8-16(15)22)14-6-4-5-13(10-26)17(14)23/h4-9H,11H2,1-3H3,(H2,27,28). The summed E-state index contributed by atoms with van der Waals surface area (Å²) in [5, 5.41) is 9.02. The van der Waals surface area contributed by atoms with Crippen LogP contribution in [0.25, 0.3) is 11.1 Å². The summed E-state index contributed by atoms with van der Waals surface area (Å²) in [5.41, 5.74) is 1.69. The molecule has 4 nitrogen and oxygen atoms in total. The molecule has 0 aliphatic carbocycles. The Morgan fingerprint density at radius 2 is 1.83 bits per heavy atom. The summed E-state index contributed by atoms with van der Waals surface area (Å²) in [6.07, 6.45) is 0. The molecule has 152 valence electrons. The lowest BCUT2D eigenvalue weighted by molar-refractivity contribution is -0.139. The molecule has 1 aliphatic heterocycles. The quantitative estimate of drug-likeness (QED) is 0.747. The molecule has 0 saturated heterocycles. The van der Waals surface area contributed by atoms with Crippen molar-refractivity contribution in [1.82, 2.24) is 0 Å². The first-order valence-electron chi connectivity index (χ1n) is 8.79. The largest absolute Gasteiger partial charge is 0.385 e. The molecule has 0 radical (unpaired) electrons. The number of hydrogen-bond acceptors (Lipinski definition) is 4. The van der Waals surface area contributed by atoms with Crippen molar-refractivity contribution in [2.75, 3.05) is 6.61 Å². The molecular formula is C21H19F4N3O. The molecule has 8 heteroatoms. The third-order valence-corrected chi connectivity index (χ3v) is 5.21. The van der Waals surface area contributed by atoms with E-state index < -0.39 is 40.9 Å². The maximum Gasteiger partial charge on any atom is 0.299 e. The zero-order valence-electron chi connectivity index (χ0n) is 16.1. The van der Waals surface area contributed by atoms with Crippen LogP contribution in [0.4, 0.5) is 17.6 Å². The van der Waals surface area contributed by atoms with Crippen molar-refractivity contribution in [2.45, 2.75) is 37.8 Å². The van der Waals surface area contributed by atoms with Crippen LogP contribution in [0.2, 0.25) is 0 Å². The lowest BCUT2D eigenvalue weighted by atomic mass is 9.84. The summed E-state index contributed by atoms with van der Waals surface area (Å²) in [7, 11) is 0. The lowest BCUT2D eigenvalue weighted by Crippen LogP contribution is -2.45. The van der Waals surface area contributed by atoms with Crippen LogP contribution in [-0.4, -0.2) is 24.0 Å². The van der Waals surface area contributed by atoms with Crippen molar-refractivity contribution >= 4 is 5.84 Å². The Balaban J connectivity index is 2.25. The number of aliphatic imine (C=N–C) groups is 1. The van der Waals surface area contributed by atoms with Gasteiger partial charge in [0.05, 0.1) is 5.56 Å². The van der Waals surface area contributed by atoms with E-state index in [1.807, 2.05) is 0 Å². The van der Waals surface area contributed by atoms with Crippen molar-refractivity contribution in [3.63, 3.8) is 0 Å². The molecule has 3 rings (SSSR count). The number of ether oxygens (including phenoxy) is 1. The number of rotatable bonds is 2. The minimum atomic E-state index is -3.60. The number of nitrogens with two attached hydrogens (primary N) is 1. The van der Waals surface area contributed by atoms with Gasteiger partial charge < -0.3 is 10.5 Å². The van der Waals surface area contributed by atoms with Gasteiger partial charge >= 0.3 is 0 Å². The summed E-state index contributed by atoms with van der Waals surface area (Å²) in [6, 6.07) is 9.16. The van der Waals surface area contributed by atoms with Crippen LogP contribution in [0.3, 0.4) is 0 Å². The highest BCUT2D eigenvalue weighted by molar-refractivity contribution is 5.89. The van der Waals surface area contributed by atoms with E-state index in [1.165, 1.54) is 38.1 Å². The van der Waals surface area contributed by atoms with Crippen molar-refractivity contribution in [2.24, 2.45) is 10.7 Å². The molecule has 0 bridgehead atoms. The molecule has 0 fully saturated rings. The first-order valence-corrected chi connectivity index (χ1v) is 8.79. The van der Waals surface area contributed by atoms with Gasteiger partial charge in [-0.3, -0.25) is 4.99 Å². The molecule has 0 spiro atoms. The van der Waals surface area contributed by atoms with Crippen LogP contribution in [-0.2, 0) is 10.3 Å². The Kier molecular flexibility index (Phi) is 4.91. The lowest BCUT2D eigenvalue weighted by Gasteiger charge is -2.33. The van der Waals surface area contributed by atoms with E-state index in [4.69, 9.17) is 15.7 Å². The molecule has 1 unspecified atom stereocenters. The predicted molar refractivity (Wildman–Crippen MR) is 100 cm³/mol. The molecule has 1 atom stereocenters. The maximum absolute atomic E-state index is 15.1. The summed E-state index contributed by atoms with van der Waals surface area (Å²) < 4.78 is 64.6. The Morgan fingerprint density at radius 1 is 1.14 bits per heavy atom. The van der Waals surface area contributed by atoms with E-state index in [-0.39, 0.29) is 22.5 Å². The number of hydrogen-bond donors (Lipinski definition) is 1. The fourth-order valence-electron chi connectivity index (χ4n) is 3.11. The highest BCUT2D eigenvalue weighted by Crippen LogP contribution is 2.46. The molecule has 29 heavy (non-hydrogen) atoms. The zero-order valence-corrected chi connectivity index (χ0v) is 16.1. The van der Waals surface area contributed by atoms with E-state index >= 15 is 8.78 Å². The Morgan fingerprint density at radius 3 is 2.48 bits per heavy atom. The second-order valence-corrected chi connectivity index (χ2v) is 7.55. The number of halogens is 4. The van der Waals surface area contributed by atoms with Gasteiger partial charge in [0.1, 0.15) is 35.7 Å². The van der Waals surface area contributed by atoms with E-state index in [1.54, 1.807) is 6.07 Å². The summed E-state index contributed by atoms with van der Waals surface area (Å²) in [4.78, 5) is 3.97. The molecule has 2 aromatic carbocycles. The van der Waals surface area contributed by atoms with E-state index in [9.17, 15) is 8.78 Å². The number of nitrogens with zero attached hydrogens (tertiary/aromatic N) is 2. The van der Waals surface area contributed by atoms with Gasteiger partial charge in [-0.15, -0.1) is 0 Å². The summed E-state index contributed by atoms with van der Waals surface area (Å²) in [5.74, 6) is -5.57. The normalized spacial score (nSPS) is 23.0. The first kappa shape index (κ1) is 20.8. The average molecular weight is 405 g/mol. The Labute approximate surface area is 165 Å². The van der Waals surface area contributed by atoms with Gasteiger partial charge in [-0.05, 0) is 44.5 Å². The second kappa shape index (κ2) is 6.85. The molecule has 0 aromatic heterocycles. The fraction of sp³-hybridized carbons (Fsp3) is 0.333. The van der Waals surface area contributed by atoms with Gasteiger partial charge in [-0.25, -0.2) is 17.6 Å². The SMILES string of the molecule is CC1(C)OCC(F)(F)C(C)(c2cc(-c3cccc(C#N)c3F)ccc2F)N=C1N. The highest BCUT2D eigenvalue weighted by atomic mass is 19.3. The second-order valence-electron chi connectivity index (χ2n) is 7.55. The van der Waals surface area contributed by atoms with Gasteiger partial charge in [-0.2, -0.15) is 5.26 Å². The van der Waals surface area contributed by atoms with Crippen LogP contribution < -0.4 is 5.73 Å². The van der Waals surface area contributed by atoms with Crippen LogP contribution in [0.1, 0.15) is 31.9 Å². The smallest absolute Gasteiger partial charge is 0.299 e. The average Bonchev–Trinajstić information content (AvgIpc) is 2.72. The van der Waals surface area contributed by atoms with E-state index in [0.29, 0.717) is 0 Å². The van der Waals surface area contributed by atoms with Gasteiger partial charge in [-0.1, -0.05) is 18.2 Å². The Hall–Kier alpha value is -2.92. The Bertz CT molecular complexity index is 1040. The molecule has 0 amide bonds. The third-order valence-electron chi connectivity index (χ3n) is 5.21. The van der Waals surface area contributed by atoms with Gasteiger partial charge in [0, 0.05) is 11.1 Å². The van der Waals surface area contributed by atoms with Gasteiger partial charge in [0.25, 0.3) is 5.92 Å². The maximum atomic E-state index is 15.1. The molecule has 2 aromatic rings. The van der Waals surface area contributed by atoms with Gasteiger partial charge in [0.2, 0.25) is 0 Å². The fourth-order valence-corrected chi connectivity index (χ4v) is 3.11. The zero-order chi connectivity index (χ0) is 21.6. The van der Waals surface area contributed by atoms with Crippen LogP contribution >= 0.6 is 0 Å². The summed E-state index contributed by atoms with van der Waals surface area (Å²) in [6.45, 7) is 3.02. The molecule has 1 heterocycles. The number of alkyl halides is 2. The monoisotopic (exact) mass is 405 g/mol. The first-order chi connectivity index (χ1) is 13.4. The number of nitriles is 1. The minimum absolute atomic E-state index is 0.0145. The van der Waals surface area contributed by atoms with Crippen molar-refractivity contribution < 1.29 is 22.3 Å². The predicted octanol–water partition coefficient (Wildman–Crippen LogP) is 4.52. The van der Waals surface area contributed by atoms with Gasteiger partial charge in [0.15, 0.2) is 5.54 Å². The van der Waals surface area contributed by atoms with Crippen LogP contribution in [0, 0.1) is 23.0 Å². The summed E-state index contributed by atoms with van der Waals surface area (Å²) >= 11 is 0. The van der Waals surface area contributed by atoms with Crippen molar-refractivity contribution in [3.05, 3.63) is 59.2 Å². The van der Waals surface area contributed by atoms with E-state index in [0.717, 1.165) is 19.1 Å². The molecule has 1 aliphatic rings. The minimum Gasteiger partial charge on any atom is -0.385 e. The van der Waals surface area contributed by atoms with Crippen LogP contribution in [0.15, 0.2) is 41.4 Å². The molecule has 2 N–H and O–H groups in total. The van der Waals surface area contributed by atoms with Crippen molar-refractivity contribution in [1.29, 1.82) is 5.26 Å². The topological polar surface area (TPSA) is 71.4 Å².